The number of ether oxygens (including phenoxy) is 1. The third kappa shape index (κ3) is 3.03. The first-order chi connectivity index (χ1) is 10.1. The molecule has 0 aliphatic heterocycles. The molecule has 118 valence electrons. The predicted octanol–water partition coefficient (Wildman–Crippen LogP) is 3.83. The lowest BCUT2D eigenvalue weighted by Gasteiger charge is -2.38. The first kappa shape index (κ1) is 15.4. The first-order valence-corrected chi connectivity index (χ1v) is 9.22. The maximum Gasteiger partial charge on any atom is 0.125 e. The lowest BCUT2D eigenvalue weighted by Crippen LogP contribution is -2.36. The molecular formula is C17H28N2OS. The molecule has 1 aromatic heterocycles. The van der Waals surface area contributed by atoms with Gasteiger partial charge in [-0.2, -0.15) is 0 Å². The average molecular weight is 308 g/mol. The van der Waals surface area contributed by atoms with Gasteiger partial charge in [-0.3, -0.25) is 0 Å². The molecule has 2 aliphatic rings. The highest BCUT2D eigenvalue weighted by Gasteiger charge is 2.42. The van der Waals surface area contributed by atoms with Crippen LogP contribution in [-0.4, -0.2) is 25.2 Å². The summed E-state index contributed by atoms with van der Waals surface area (Å²) in [7, 11) is 1.85. The second-order valence-electron chi connectivity index (χ2n) is 7.02. The van der Waals surface area contributed by atoms with Gasteiger partial charge >= 0.3 is 0 Å². The van der Waals surface area contributed by atoms with Crippen LogP contribution in [0.25, 0.3) is 0 Å². The quantitative estimate of drug-likeness (QED) is 0.867. The number of methoxy groups -OCH3 is 1. The fraction of sp³-hybridized carbons (Fsp3) is 0.824. The molecule has 1 heterocycles. The molecule has 4 heteroatoms. The zero-order chi connectivity index (χ0) is 14.9. The number of thiazole rings is 1. The molecule has 0 saturated heterocycles. The van der Waals surface area contributed by atoms with E-state index in [9.17, 15) is 0 Å². The van der Waals surface area contributed by atoms with E-state index in [0.29, 0.717) is 11.8 Å². The molecule has 1 saturated carbocycles. The molecule has 0 aromatic carbocycles. The molecule has 1 atom stereocenters. The molecule has 3 rings (SSSR count). The molecule has 2 aliphatic carbocycles. The smallest absolute Gasteiger partial charge is 0.125 e. The Morgan fingerprint density at radius 2 is 2.19 bits per heavy atom. The van der Waals surface area contributed by atoms with Crippen molar-refractivity contribution < 1.29 is 4.74 Å². The molecule has 0 spiro atoms. The summed E-state index contributed by atoms with van der Waals surface area (Å²) in [5, 5.41) is 4.87. The number of nitrogens with zero attached hydrogens (tertiary/aromatic N) is 1. The minimum atomic E-state index is -0.0437. The zero-order valence-corrected chi connectivity index (χ0v) is 14.4. The molecular weight excluding hydrogens is 280 g/mol. The van der Waals surface area contributed by atoms with Crippen LogP contribution in [0.15, 0.2) is 0 Å². The third-order valence-electron chi connectivity index (χ3n) is 4.96. The van der Waals surface area contributed by atoms with Gasteiger partial charge < -0.3 is 10.1 Å². The van der Waals surface area contributed by atoms with Crippen LogP contribution < -0.4 is 5.32 Å². The Balaban J connectivity index is 1.73. The van der Waals surface area contributed by atoms with Crippen molar-refractivity contribution in [2.45, 2.75) is 63.9 Å². The summed E-state index contributed by atoms with van der Waals surface area (Å²) in [6, 6.07) is 0. The average Bonchev–Trinajstić information content (AvgIpc) is 2.82. The Bertz CT molecular complexity index is 474. The Kier molecular flexibility index (Phi) is 4.67. The molecule has 21 heavy (non-hydrogen) atoms. The summed E-state index contributed by atoms with van der Waals surface area (Å²) in [6.07, 6.45) is 7.37. The van der Waals surface area contributed by atoms with Gasteiger partial charge in [0, 0.05) is 24.4 Å². The highest BCUT2D eigenvalue weighted by molar-refractivity contribution is 7.11. The normalized spacial score (nSPS) is 23.9. The Morgan fingerprint density at radius 1 is 1.38 bits per heavy atom. The van der Waals surface area contributed by atoms with Crippen LogP contribution in [0.2, 0.25) is 0 Å². The van der Waals surface area contributed by atoms with E-state index in [1.807, 2.05) is 18.4 Å². The minimum Gasteiger partial charge on any atom is -0.371 e. The molecule has 0 amide bonds. The summed E-state index contributed by atoms with van der Waals surface area (Å²) in [4.78, 5) is 6.57. The largest absolute Gasteiger partial charge is 0.371 e. The zero-order valence-electron chi connectivity index (χ0n) is 13.6. The minimum absolute atomic E-state index is 0.0437. The summed E-state index contributed by atoms with van der Waals surface area (Å²) in [5.74, 6) is 1.32. The SMILES string of the molecule is COC1(c2nc3c(s2)CCCC3CNCC(C)C)CCC1. The van der Waals surface area contributed by atoms with Gasteiger partial charge in [-0.1, -0.05) is 13.8 Å². The third-order valence-corrected chi connectivity index (χ3v) is 6.27. The van der Waals surface area contributed by atoms with Crippen molar-refractivity contribution in [3.05, 3.63) is 15.6 Å². The number of fused-ring (bicyclic) bond motifs is 1. The molecule has 1 N–H and O–H groups in total. The van der Waals surface area contributed by atoms with Crippen LogP contribution in [0.4, 0.5) is 0 Å². The van der Waals surface area contributed by atoms with Crippen molar-refractivity contribution in [3.8, 4) is 0 Å². The number of hydrogen-bond acceptors (Lipinski definition) is 4. The van der Waals surface area contributed by atoms with Crippen LogP contribution in [0.3, 0.4) is 0 Å². The van der Waals surface area contributed by atoms with Crippen molar-refractivity contribution in [2.75, 3.05) is 20.2 Å². The Labute approximate surface area is 132 Å². The van der Waals surface area contributed by atoms with Crippen LogP contribution in [0.5, 0.6) is 0 Å². The summed E-state index contributed by atoms with van der Waals surface area (Å²) in [6.45, 7) is 6.71. The van der Waals surface area contributed by atoms with E-state index >= 15 is 0 Å². The number of hydrogen-bond donors (Lipinski definition) is 1. The van der Waals surface area contributed by atoms with E-state index < -0.39 is 0 Å². The van der Waals surface area contributed by atoms with Crippen molar-refractivity contribution in [3.63, 3.8) is 0 Å². The molecule has 1 fully saturated rings. The van der Waals surface area contributed by atoms with Crippen LogP contribution in [0.1, 0.15) is 67.4 Å². The van der Waals surface area contributed by atoms with E-state index in [0.717, 1.165) is 25.9 Å². The van der Waals surface area contributed by atoms with Crippen molar-refractivity contribution in [1.29, 1.82) is 0 Å². The number of rotatable bonds is 6. The van der Waals surface area contributed by atoms with Crippen molar-refractivity contribution in [2.24, 2.45) is 5.92 Å². The fourth-order valence-corrected chi connectivity index (χ4v) is 4.86. The highest BCUT2D eigenvalue weighted by atomic mass is 32.1. The van der Waals surface area contributed by atoms with Crippen LogP contribution in [0, 0.1) is 5.92 Å². The summed E-state index contributed by atoms with van der Waals surface area (Å²) < 4.78 is 5.82. The van der Waals surface area contributed by atoms with E-state index in [4.69, 9.17) is 9.72 Å². The van der Waals surface area contributed by atoms with E-state index in [1.54, 1.807) is 0 Å². The molecule has 1 unspecified atom stereocenters. The van der Waals surface area contributed by atoms with Gasteiger partial charge in [-0.15, -0.1) is 11.3 Å². The summed E-state index contributed by atoms with van der Waals surface area (Å²) >= 11 is 1.92. The Morgan fingerprint density at radius 3 is 2.81 bits per heavy atom. The second-order valence-corrected chi connectivity index (χ2v) is 8.10. The maximum absolute atomic E-state index is 5.82. The van der Waals surface area contributed by atoms with Crippen LogP contribution >= 0.6 is 11.3 Å². The topological polar surface area (TPSA) is 34.1 Å². The van der Waals surface area contributed by atoms with Crippen molar-refractivity contribution >= 4 is 11.3 Å². The fourth-order valence-electron chi connectivity index (χ4n) is 3.45. The van der Waals surface area contributed by atoms with Gasteiger partial charge in [0.15, 0.2) is 0 Å². The van der Waals surface area contributed by atoms with Crippen LogP contribution in [-0.2, 0) is 16.8 Å². The Hall–Kier alpha value is -0.450. The van der Waals surface area contributed by atoms with Gasteiger partial charge in [0.1, 0.15) is 10.6 Å². The van der Waals surface area contributed by atoms with E-state index in [-0.39, 0.29) is 5.60 Å². The van der Waals surface area contributed by atoms with Gasteiger partial charge in [0.25, 0.3) is 0 Å². The standard InChI is InChI=1S/C17H28N2OS/c1-12(2)10-18-11-13-6-4-7-14-15(13)19-16(21-14)17(20-3)8-5-9-17/h12-13,18H,4-11H2,1-3H3. The predicted molar refractivity (Wildman–Crippen MR) is 88.0 cm³/mol. The van der Waals surface area contributed by atoms with Gasteiger partial charge in [-0.25, -0.2) is 4.98 Å². The molecule has 0 radical (unpaired) electrons. The van der Waals surface area contributed by atoms with Crippen molar-refractivity contribution in [1.82, 2.24) is 10.3 Å². The van der Waals surface area contributed by atoms with Gasteiger partial charge in [0.2, 0.25) is 0 Å². The number of aromatic nitrogens is 1. The molecule has 3 nitrogen and oxygen atoms in total. The monoisotopic (exact) mass is 308 g/mol. The molecule has 1 aromatic rings. The second kappa shape index (κ2) is 6.35. The van der Waals surface area contributed by atoms with Gasteiger partial charge in [-0.05, 0) is 51.0 Å². The summed E-state index contributed by atoms with van der Waals surface area (Å²) in [5.41, 5.74) is 1.33. The van der Waals surface area contributed by atoms with E-state index in [1.165, 1.54) is 41.3 Å². The lowest BCUT2D eigenvalue weighted by molar-refractivity contribution is -0.0780. The highest BCUT2D eigenvalue weighted by Crippen LogP contribution is 2.48. The number of aryl methyl sites for hydroxylation is 1. The first-order valence-electron chi connectivity index (χ1n) is 8.40. The van der Waals surface area contributed by atoms with Gasteiger partial charge in [0.05, 0.1) is 5.69 Å². The molecule has 0 bridgehead atoms. The lowest BCUT2D eigenvalue weighted by atomic mass is 9.80. The number of nitrogens with one attached hydrogen (secondary N) is 1. The maximum atomic E-state index is 5.82. The van der Waals surface area contributed by atoms with E-state index in [2.05, 4.69) is 19.2 Å².